The predicted molar refractivity (Wildman–Crippen MR) is 36.6 cm³/mol. The summed E-state index contributed by atoms with van der Waals surface area (Å²) >= 11 is 0. The van der Waals surface area contributed by atoms with Crippen molar-refractivity contribution in [3.8, 4) is 0 Å². The van der Waals surface area contributed by atoms with Gasteiger partial charge in [-0.1, -0.05) is 0 Å². The number of anilines is 1. The Morgan fingerprint density at radius 1 is 1.60 bits per heavy atom. The van der Waals surface area contributed by atoms with Crippen LogP contribution in [0.25, 0.3) is 0 Å². The summed E-state index contributed by atoms with van der Waals surface area (Å²) < 4.78 is 0. The van der Waals surface area contributed by atoms with Gasteiger partial charge in [-0.15, -0.1) is 5.10 Å². The summed E-state index contributed by atoms with van der Waals surface area (Å²) in [5, 5.41) is 7.20. The van der Waals surface area contributed by atoms with Gasteiger partial charge in [-0.05, 0) is 13.0 Å². The molecule has 0 aromatic carbocycles. The van der Waals surface area contributed by atoms with Crippen LogP contribution in [0.4, 0.5) is 5.69 Å². The molecule has 4 nitrogen and oxygen atoms in total. The lowest BCUT2D eigenvalue weighted by molar-refractivity contribution is 0.111. The second kappa shape index (κ2) is 2.43. The smallest absolute Gasteiger partial charge is 0.172 e. The minimum absolute atomic E-state index is 0.200. The monoisotopic (exact) mass is 137 g/mol. The molecule has 0 bridgehead atoms. The van der Waals surface area contributed by atoms with Gasteiger partial charge in [-0.25, -0.2) is 0 Å². The Kier molecular flexibility index (Phi) is 1.62. The Hall–Kier alpha value is -1.45. The van der Waals surface area contributed by atoms with Crippen molar-refractivity contribution in [1.29, 1.82) is 0 Å². The van der Waals surface area contributed by atoms with Gasteiger partial charge in [0.15, 0.2) is 6.29 Å². The van der Waals surface area contributed by atoms with Crippen LogP contribution in [-0.4, -0.2) is 16.5 Å². The van der Waals surface area contributed by atoms with Crippen molar-refractivity contribution in [3.63, 3.8) is 0 Å². The van der Waals surface area contributed by atoms with E-state index >= 15 is 0 Å². The van der Waals surface area contributed by atoms with E-state index in [-0.39, 0.29) is 5.69 Å². The van der Waals surface area contributed by atoms with Crippen molar-refractivity contribution in [2.24, 2.45) is 0 Å². The summed E-state index contributed by atoms with van der Waals surface area (Å²) in [4.78, 5) is 10.2. The van der Waals surface area contributed by atoms with Gasteiger partial charge in [0, 0.05) is 0 Å². The minimum Gasteiger partial charge on any atom is -0.397 e. The highest BCUT2D eigenvalue weighted by Gasteiger charge is 1.98. The zero-order chi connectivity index (χ0) is 7.56. The van der Waals surface area contributed by atoms with E-state index in [0.29, 0.717) is 17.7 Å². The van der Waals surface area contributed by atoms with Crippen LogP contribution in [0.2, 0.25) is 0 Å². The molecule has 0 aliphatic rings. The van der Waals surface area contributed by atoms with Crippen LogP contribution >= 0.6 is 0 Å². The summed E-state index contributed by atoms with van der Waals surface area (Å²) in [6, 6.07) is 1.61. The van der Waals surface area contributed by atoms with Crippen LogP contribution < -0.4 is 5.73 Å². The molecule has 1 aromatic heterocycles. The molecule has 0 saturated carbocycles. The minimum atomic E-state index is 0.200. The molecule has 0 amide bonds. The van der Waals surface area contributed by atoms with E-state index in [9.17, 15) is 4.79 Å². The van der Waals surface area contributed by atoms with E-state index in [4.69, 9.17) is 5.73 Å². The highest BCUT2D eigenvalue weighted by molar-refractivity contribution is 5.79. The molecule has 0 fully saturated rings. The molecule has 4 heteroatoms. The van der Waals surface area contributed by atoms with Crippen LogP contribution in [0.1, 0.15) is 16.2 Å². The fourth-order valence-electron chi connectivity index (χ4n) is 0.610. The van der Waals surface area contributed by atoms with Gasteiger partial charge in [-0.2, -0.15) is 5.10 Å². The lowest BCUT2D eigenvalue weighted by Gasteiger charge is -1.95. The molecule has 0 aliphatic heterocycles. The number of nitrogens with two attached hydrogens (primary N) is 1. The quantitative estimate of drug-likeness (QED) is 0.560. The Balaban J connectivity index is 3.19. The molecule has 1 aromatic rings. The van der Waals surface area contributed by atoms with Crippen LogP contribution in [-0.2, 0) is 0 Å². The van der Waals surface area contributed by atoms with Crippen molar-refractivity contribution in [2.45, 2.75) is 6.92 Å². The third kappa shape index (κ3) is 1.10. The first-order valence-corrected chi connectivity index (χ1v) is 2.79. The van der Waals surface area contributed by atoms with Crippen LogP contribution in [0.5, 0.6) is 0 Å². The van der Waals surface area contributed by atoms with E-state index in [1.54, 1.807) is 13.0 Å². The largest absolute Gasteiger partial charge is 0.397 e. The van der Waals surface area contributed by atoms with E-state index in [1.807, 2.05) is 0 Å². The number of aryl methyl sites for hydroxylation is 1. The van der Waals surface area contributed by atoms with Crippen molar-refractivity contribution in [3.05, 3.63) is 17.5 Å². The van der Waals surface area contributed by atoms with Gasteiger partial charge in [0.2, 0.25) is 0 Å². The second-order valence-corrected chi connectivity index (χ2v) is 1.94. The Morgan fingerprint density at radius 3 is 2.80 bits per heavy atom. The summed E-state index contributed by atoms with van der Waals surface area (Å²) in [7, 11) is 0. The van der Waals surface area contributed by atoms with E-state index in [0.717, 1.165) is 0 Å². The first-order valence-electron chi connectivity index (χ1n) is 2.79. The molecule has 2 N–H and O–H groups in total. The molecule has 0 radical (unpaired) electrons. The first-order chi connectivity index (χ1) is 4.74. The third-order valence-corrected chi connectivity index (χ3v) is 1.09. The van der Waals surface area contributed by atoms with Gasteiger partial charge in [0.05, 0.1) is 11.4 Å². The number of carbonyl (C=O) groups is 1. The zero-order valence-corrected chi connectivity index (χ0v) is 5.53. The van der Waals surface area contributed by atoms with E-state index in [2.05, 4.69) is 10.2 Å². The van der Waals surface area contributed by atoms with Crippen molar-refractivity contribution >= 4 is 12.0 Å². The highest BCUT2D eigenvalue weighted by atomic mass is 16.1. The van der Waals surface area contributed by atoms with Crippen LogP contribution in [0.3, 0.4) is 0 Å². The number of aromatic nitrogens is 2. The lowest BCUT2D eigenvalue weighted by Crippen LogP contribution is -1.99. The standard InChI is InChI=1S/C6H7N3O/c1-4-2-5(7)6(3-10)9-8-4/h2-3H,1H3,(H2,7,8). The highest BCUT2D eigenvalue weighted by Crippen LogP contribution is 2.04. The molecular weight excluding hydrogens is 130 g/mol. The lowest BCUT2D eigenvalue weighted by atomic mass is 10.3. The average Bonchev–Trinajstić information content (AvgIpc) is 1.88. The number of nitrogen functional groups attached to an aromatic ring is 1. The van der Waals surface area contributed by atoms with Gasteiger partial charge < -0.3 is 5.73 Å². The van der Waals surface area contributed by atoms with Gasteiger partial charge in [0.1, 0.15) is 5.69 Å². The van der Waals surface area contributed by atoms with Crippen molar-refractivity contribution in [2.75, 3.05) is 5.73 Å². The molecule has 0 spiro atoms. The van der Waals surface area contributed by atoms with E-state index < -0.39 is 0 Å². The fourth-order valence-corrected chi connectivity index (χ4v) is 0.610. The number of hydrogen-bond donors (Lipinski definition) is 1. The molecule has 1 rings (SSSR count). The second-order valence-electron chi connectivity index (χ2n) is 1.94. The Morgan fingerprint density at radius 2 is 2.30 bits per heavy atom. The topological polar surface area (TPSA) is 68.9 Å². The van der Waals surface area contributed by atoms with Crippen LogP contribution in [0, 0.1) is 6.92 Å². The number of nitrogens with zero attached hydrogens (tertiary/aromatic N) is 2. The molecule has 0 atom stereocenters. The maximum atomic E-state index is 10.2. The first kappa shape index (κ1) is 6.67. The normalized spacial score (nSPS) is 9.30. The van der Waals surface area contributed by atoms with Crippen molar-refractivity contribution < 1.29 is 4.79 Å². The number of hydrogen-bond acceptors (Lipinski definition) is 4. The summed E-state index contributed by atoms with van der Waals surface area (Å²) in [5.74, 6) is 0. The SMILES string of the molecule is Cc1cc(N)c(C=O)nn1. The van der Waals surface area contributed by atoms with Gasteiger partial charge in [-0.3, -0.25) is 4.79 Å². The Bertz CT molecular complexity index is 259. The van der Waals surface area contributed by atoms with Gasteiger partial charge in [0.25, 0.3) is 0 Å². The molecular formula is C6H7N3O. The predicted octanol–water partition coefficient (Wildman–Crippen LogP) is 0.180. The Labute approximate surface area is 58.1 Å². The fraction of sp³-hybridized carbons (Fsp3) is 0.167. The summed E-state index contributed by atoms with van der Waals surface area (Å²) in [6.07, 6.45) is 0.585. The molecule has 1 heterocycles. The molecule has 0 aliphatic carbocycles. The maximum absolute atomic E-state index is 10.2. The summed E-state index contributed by atoms with van der Waals surface area (Å²) in [6.45, 7) is 1.76. The zero-order valence-electron chi connectivity index (χ0n) is 5.53. The molecule has 0 saturated heterocycles. The molecule has 52 valence electrons. The number of aldehydes is 1. The summed E-state index contributed by atoms with van der Waals surface area (Å²) in [5.41, 5.74) is 6.69. The number of carbonyl (C=O) groups excluding carboxylic acids is 1. The third-order valence-electron chi connectivity index (χ3n) is 1.09. The van der Waals surface area contributed by atoms with Gasteiger partial charge >= 0.3 is 0 Å². The number of rotatable bonds is 1. The maximum Gasteiger partial charge on any atom is 0.172 e. The average molecular weight is 137 g/mol. The van der Waals surface area contributed by atoms with Crippen molar-refractivity contribution in [1.82, 2.24) is 10.2 Å². The van der Waals surface area contributed by atoms with E-state index in [1.165, 1.54) is 0 Å². The molecule has 0 unspecified atom stereocenters. The molecule has 10 heavy (non-hydrogen) atoms. The van der Waals surface area contributed by atoms with Crippen LogP contribution in [0.15, 0.2) is 6.07 Å².